The van der Waals surface area contributed by atoms with Gasteiger partial charge in [0, 0.05) is 101 Å². The maximum absolute atomic E-state index is 14.0. The van der Waals surface area contributed by atoms with E-state index in [1.807, 2.05) is 0 Å². The van der Waals surface area contributed by atoms with Gasteiger partial charge in [-0.25, -0.2) is 4.79 Å². The van der Waals surface area contributed by atoms with Crippen LogP contribution in [0.5, 0.6) is 0 Å². The Morgan fingerprint density at radius 2 is 1.73 bits per heavy atom. The summed E-state index contributed by atoms with van der Waals surface area (Å²) in [4.78, 5) is 53.2. The molecule has 6 fully saturated rings. The first kappa shape index (κ1) is 33.4. The topological polar surface area (TPSA) is 153 Å². The highest BCUT2D eigenvalue weighted by Crippen LogP contribution is 2.80. The Bertz CT molecular complexity index is 1490. The summed E-state index contributed by atoms with van der Waals surface area (Å²) in [6.07, 6.45) is 0.515. The van der Waals surface area contributed by atoms with Gasteiger partial charge < -0.3 is 28.4 Å². The minimum atomic E-state index is -1.07. The second kappa shape index (κ2) is 11.7. The molecule has 7 rings (SSSR count). The molecule has 6 aliphatic rings. The van der Waals surface area contributed by atoms with Gasteiger partial charge in [-0.2, -0.15) is 0 Å². The summed E-state index contributed by atoms with van der Waals surface area (Å²) in [6, 6.07) is 5.29. The number of non-ortho nitro benzene ring substituents is 1. The highest BCUT2D eigenvalue weighted by molar-refractivity contribution is 5.89. The zero-order chi connectivity index (χ0) is 34.3. The number of esters is 3. The summed E-state index contributed by atoms with van der Waals surface area (Å²) in [5, 5.41) is 11.3. The molecule has 1 unspecified atom stereocenters. The van der Waals surface area contributed by atoms with Crippen molar-refractivity contribution < 1.29 is 47.7 Å². The largest absolute Gasteiger partial charge is 0.462 e. The molecule has 0 aromatic heterocycles. The highest BCUT2D eigenvalue weighted by atomic mass is 16.6. The molecule has 13 nitrogen and oxygen atoms in total. The maximum atomic E-state index is 14.0. The van der Waals surface area contributed by atoms with E-state index in [1.54, 1.807) is 21.3 Å². The predicted molar refractivity (Wildman–Crippen MR) is 168 cm³/mol. The maximum Gasteiger partial charge on any atom is 0.338 e. The summed E-state index contributed by atoms with van der Waals surface area (Å²) >= 11 is 0. The van der Waals surface area contributed by atoms with E-state index in [2.05, 4.69) is 11.8 Å². The average Bonchev–Trinajstić information content (AvgIpc) is 3.47. The van der Waals surface area contributed by atoms with Crippen LogP contribution in [-0.4, -0.2) is 105 Å². The van der Waals surface area contributed by atoms with Crippen LogP contribution in [0.25, 0.3) is 0 Å². The Morgan fingerprint density at radius 3 is 2.31 bits per heavy atom. The van der Waals surface area contributed by atoms with Crippen LogP contribution >= 0.6 is 0 Å². The Morgan fingerprint density at radius 1 is 1.00 bits per heavy atom. The van der Waals surface area contributed by atoms with Crippen molar-refractivity contribution in [1.29, 1.82) is 0 Å². The van der Waals surface area contributed by atoms with Crippen LogP contribution in [0.4, 0.5) is 5.69 Å². The molecular formula is C35H46N2O11. The van der Waals surface area contributed by atoms with Crippen molar-refractivity contribution >= 4 is 23.6 Å². The first-order valence-electron chi connectivity index (χ1n) is 17.0. The summed E-state index contributed by atoms with van der Waals surface area (Å²) < 4.78 is 38.2. The monoisotopic (exact) mass is 670 g/mol. The average molecular weight is 671 g/mol. The van der Waals surface area contributed by atoms with E-state index in [0.717, 1.165) is 13.0 Å². The fourth-order valence-corrected chi connectivity index (χ4v) is 12.5. The molecule has 262 valence electrons. The van der Waals surface area contributed by atoms with Crippen LogP contribution in [0.1, 0.15) is 56.8 Å². The third-order valence-electron chi connectivity index (χ3n) is 13.2. The molecule has 1 aromatic carbocycles. The number of nitro groups is 1. The number of ether oxygens (including phenoxy) is 6. The molecule has 0 radical (unpaired) electrons. The normalized spacial score (nSPS) is 43.4. The van der Waals surface area contributed by atoms with E-state index >= 15 is 0 Å². The zero-order valence-electron chi connectivity index (χ0n) is 28.4. The second-order valence-corrected chi connectivity index (χ2v) is 14.9. The third-order valence-corrected chi connectivity index (χ3v) is 13.2. The van der Waals surface area contributed by atoms with E-state index in [9.17, 15) is 24.5 Å². The molecule has 0 amide bonds. The molecule has 13 atom stereocenters. The van der Waals surface area contributed by atoms with Crippen LogP contribution in [0.2, 0.25) is 0 Å². The fraction of sp³-hybridized carbons (Fsp3) is 0.743. The lowest BCUT2D eigenvalue weighted by Gasteiger charge is -2.69. The lowest BCUT2D eigenvalue weighted by Crippen LogP contribution is -2.77. The number of benzene rings is 1. The number of likely N-dealkylation sites (tertiary alicyclic amines) is 1. The van der Waals surface area contributed by atoms with E-state index in [4.69, 9.17) is 28.4 Å². The summed E-state index contributed by atoms with van der Waals surface area (Å²) in [5.41, 5.74) is -1.97. The molecule has 1 aliphatic heterocycles. The molecule has 5 aliphatic carbocycles. The molecule has 1 aromatic rings. The third kappa shape index (κ3) is 4.32. The van der Waals surface area contributed by atoms with Gasteiger partial charge in [-0.1, -0.05) is 6.92 Å². The molecule has 1 saturated heterocycles. The summed E-state index contributed by atoms with van der Waals surface area (Å²) in [6.45, 7) is 6.90. The van der Waals surface area contributed by atoms with E-state index in [1.165, 1.54) is 38.1 Å². The van der Waals surface area contributed by atoms with Gasteiger partial charge in [-0.15, -0.1) is 0 Å². The van der Waals surface area contributed by atoms with Crippen LogP contribution in [0.15, 0.2) is 24.3 Å². The number of nitro benzene ring substituents is 1. The minimum Gasteiger partial charge on any atom is -0.462 e. The van der Waals surface area contributed by atoms with Gasteiger partial charge in [0.15, 0.2) is 0 Å². The number of fused-ring (bicyclic) bond motifs is 2. The SMILES string of the molecule is CCN1C[C@]2(COC)CC[C@H](OC(=O)c3ccc([N+](=O)[O-])cc3)[C@]34C1[C@H]([C@H](OC)[C@H]23)[C@@]1(OC(C)=O)C[C@H](OC)[C@H]2C[C@@H]4[C@@H]1[C@H]2OC(C)=O. The van der Waals surface area contributed by atoms with Gasteiger partial charge in [0.1, 0.15) is 17.8 Å². The summed E-state index contributed by atoms with van der Waals surface area (Å²) in [5.74, 6) is -2.55. The lowest BCUT2D eigenvalue weighted by atomic mass is 9.43. The van der Waals surface area contributed by atoms with Gasteiger partial charge in [-0.3, -0.25) is 24.6 Å². The number of rotatable bonds is 10. The molecule has 48 heavy (non-hydrogen) atoms. The van der Waals surface area contributed by atoms with Gasteiger partial charge in [0.05, 0.1) is 29.3 Å². The zero-order valence-corrected chi connectivity index (χ0v) is 28.4. The number of methoxy groups -OCH3 is 3. The standard InChI is InChI=1S/C35H46N2O11/c1-7-36-16-33(17-43-4)13-12-25(47-32(40)20-8-10-21(11-9-20)37(41)42)35-23-14-22-24(44-5)15-34(48-19(3)39,26(23)28(22)46-18(2)38)27(31(35)36)29(45-6)30(33)35/h8-11,22-31H,7,12-17H2,1-6H3/t22-,23-,24+,25+,26-,27+,28+,29+,30-,31?,33+,34-,35+/m1/s1. The van der Waals surface area contributed by atoms with Crippen molar-refractivity contribution in [3.05, 3.63) is 39.9 Å². The molecule has 5 saturated carbocycles. The minimum absolute atomic E-state index is 0.113. The summed E-state index contributed by atoms with van der Waals surface area (Å²) in [7, 11) is 5.08. The Balaban J connectivity index is 1.45. The Labute approximate surface area is 280 Å². The number of piperidine rings is 1. The number of nitrogens with zero attached hydrogens (tertiary/aromatic N) is 2. The molecule has 1 heterocycles. The first-order valence-corrected chi connectivity index (χ1v) is 17.0. The van der Waals surface area contributed by atoms with Gasteiger partial charge in [0.2, 0.25) is 0 Å². The van der Waals surface area contributed by atoms with Gasteiger partial charge >= 0.3 is 17.9 Å². The molecule has 7 bridgehead atoms. The number of hydrogen-bond donors (Lipinski definition) is 0. The Kier molecular flexibility index (Phi) is 8.16. The number of carbonyl (C=O) groups is 3. The number of carbonyl (C=O) groups excluding carboxylic acids is 3. The second-order valence-electron chi connectivity index (χ2n) is 14.9. The quantitative estimate of drug-likeness (QED) is 0.155. The van der Waals surface area contributed by atoms with Crippen molar-refractivity contribution in [1.82, 2.24) is 4.90 Å². The highest BCUT2D eigenvalue weighted by Gasteiger charge is 2.88. The Hall–Kier alpha value is -3.13. The van der Waals surface area contributed by atoms with Crippen molar-refractivity contribution in [2.75, 3.05) is 41.0 Å². The first-order chi connectivity index (χ1) is 22.9. The van der Waals surface area contributed by atoms with Crippen LogP contribution in [0, 0.1) is 50.5 Å². The smallest absolute Gasteiger partial charge is 0.338 e. The predicted octanol–water partition coefficient (Wildman–Crippen LogP) is 3.42. The van der Waals surface area contributed by atoms with Crippen LogP contribution in [0.3, 0.4) is 0 Å². The molecule has 0 N–H and O–H groups in total. The van der Waals surface area contributed by atoms with Crippen LogP contribution in [-0.2, 0) is 38.0 Å². The van der Waals surface area contributed by atoms with Crippen molar-refractivity contribution in [3.63, 3.8) is 0 Å². The van der Waals surface area contributed by atoms with Gasteiger partial charge in [-0.05, 0) is 43.9 Å². The van der Waals surface area contributed by atoms with Gasteiger partial charge in [0.25, 0.3) is 5.69 Å². The van der Waals surface area contributed by atoms with E-state index in [0.29, 0.717) is 32.4 Å². The lowest BCUT2D eigenvalue weighted by molar-refractivity contribution is -0.384. The molecular weight excluding hydrogens is 624 g/mol. The van der Waals surface area contributed by atoms with Crippen molar-refractivity contribution in [2.45, 2.75) is 82.5 Å². The number of hydrogen-bond acceptors (Lipinski definition) is 12. The van der Waals surface area contributed by atoms with Crippen molar-refractivity contribution in [2.24, 2.45) is 40.4 Å². The molecule has 13 heteroatoms. The van der Waals surface area contributed by atoms with Crippen LogP contribution < -0.4 is 0 Å². The van der Waals surface area contributed by atoms with E-state index < -0.39 is 46.1 Å². The van der Waals surface area contributed by atoms with E-state index in [-0.39, 0.29) is 64.5 Å². The fourth-order valence-electron chi connectivity index (χ4n) is 12.5. The van der Waals surface area contributed by atoms with Crippen molar-refractivity contribution in [3.8, 4) is 0 Å². The molecule has 1 spiro atoms.